The van der Waals surface area contributed by atoms with Gasteiger partial charge in [-0.1, -0.05) is 72.3 Å². The number of amides is 1. The average Bonchev–Trinajstić information content (AvgIpc) is 3.70. The molecule has 40 heavy (non-hydrogen) atoms. The molecule has 7 rings (SSSR count). The first-order valence-electron chi connectivity index (χ1n) is 12.9. The summed E-state index contributed by atoms with van der Waals surface area (Å²) in [6.07, 6.45) is 0. The molecule has 0 saturated carbocycles. The molecule has 1 N–H and O–H groups in total. The second kappa shape index (κ2) is 10.1. The van der Waals surface area contributed by atoms with E-state index in [1.165, 1.54) is 0 Å². The van der Waals surface area contributed by atoms with Gasteiger partial charge in [0.05, 0.1) is 11.7 Å². The lowest BCUT2D eigenvalue weighted by molar-refractivity contribution is 0.0730. The molecular weight excluding hydrogens is 526 g/mol. The summed E-state index contributed by atoms with van der Waals surface area (Å²) in [6.45, 7) is 1.03. The summed E-state index contributed by atoms with van der Waals surface area (Å²) >= 11 is 6.00. The highest BCUT2D eigenvalue weighted by molar-refractivity contribution is 6.30. The van der Waals surface area contributed by atoms with Crippen LogP contribution < -0.4 is 14.2 Å². The molecule has 198 valence electrons. The van der Waals surface area contributed by atoms with Crippen molar-refractivity contribution in [2.45, 2.75) is 19.2 Å². The van der Waals surface area contributed by atoms with Crippen molar-refractivity contribution >= 4 is 17.5 Å². The van der Waals surface area contributed by atoms with Crippen molar-refractivity contribution in [2.75, 3.05) is 6.79 Å². The fourth-order valence-electron chi connectivity index (χ4n) is 5.25. The summed E-state index contributed by atoms with van der Waals surface area (Å²) in [5.41, 5.74) is 6.03. The van der Waals surface area contributed by atoms with Gasteiger partial charge in [-0.05, 0) is 53.1 Å². The molecule has 0 saturated heterocycles. The number of nitrogens with zero attached hydrogens (tertiary/aromatic N) is 2. The number of ether oxygens (including phenoxy) is 3. The molecule has 2 aliphatic heterocycles. The van der Waals surface area contributed by atoms with Crippen LogP contribution in [0.3, 0.4) is 0 Å². The summed E-state index contributed by atoms with van der Waals surface area (Å²) in [7, 11) is 0. The Labute approximate surface area is 235 Å². The molecule has 3 heterocycles. The number of aromatic amines is 1. The van der Waals surface area contributed by atoms with Crippen LogP contribution in [0, 0.1) is 0 Å². The van der Waals surface area contributed by atoms with E-state index in [0.29, 0.717) is 35.4 Å². The normalized spacial score (nSPS) is 15.4. The van der Waals surface area contributed by atoms with Crippen LogP contribution in [0.2, 0.25) is 5.02 Å². The summed E-state index contributed by atoms with van der Waals surface area (Å²) < 4.78 is 17.1. The molecule has 1 aromatic heterocycles. The van der Waals surface area contributed by atoms with Crippen molar-refractivity contribution in [3.8, 4) is 28.5 Å². The number of carbonyl (C=O) groups is 1. The lowest BCUT2D eigenvalue weighted by atomic mass is 9.96. The van der Waals surface area contributed by atoms with Crippen molar-refractivity contribution in [3.05, 3.63) is 130 Å². The lowest BCUT2D eigenvalue weighted by Gasteiger charge is -2.27. The standard InChI is InChI=1S/C32H24ClN3O4/c33-24-11-6-20(7-12-24)18-38-25-13-9-23(10-14-25)31-28-29(22-4-2-1-3-5-22)34-35-30(28)32(37)36(31)17-21-8-15-26-27(16-21)40-19-39-26/h1-16,31H,17-19H2,(H,34,35). The number of hydrogen-bond acceptors (Lipinski definition) is 5. The number of aromatic nitrogens is 2. The van der Waals surface area contributed by atoms with Crippen molar-refractivity contribution in [1.29, 1.82) is 0 Å². The Morgan fingerprint density at radius 1 is 0.900 bits per heavy atom. The Kier molecular flexibility index (Phi) is 6.13. The van der Waals surface area contributed by atoms with Crippen LogP contribution in [0.4, 0.5) is 0 Å². The molecule has 4 aromatic carbocycles. The van der Waals surface area contributed by atoms with Gasteiger partial charge in [-0.15, -0.1) is 0 Å². The van der Waals surface area contributed by atoms with E-state index in [1.807, 2.05) is 102 Å². The maximum Gasteiger partial charge on any atom is 0.273 e. The third kappa shape index (κ3) is 4.44. The minimum Gasteiger partial charge on any atom is -0.489 e. The van der Waals surface area contributed by atoms with Gasteiger partial charge in [0.1, 0.15) is 18.1 Å². The third-order valence-corrected chi connectivity index (χ3v) is 7.47. The number of carbonyl (C=O) groups excluding carboxylic acids is 1. The SMILES string of the molecule is O=C1c2[nH]nc(-c3ccccc3)c2C(c2ccc(OCc3ccc(Cl)cc3)cc2)N1Cc1ccc2c(c1)OCO2. The molecule has 2 aliphatic rings. The van der Waals surface area contributed by atoms with Gasteiger partial charge >= 0.3 is 0 Å². The summed E-state index contributed by atoms with van der Waals surface area (Å²) in [6, 6.07) is 30.9. The van der Waals surface area contributed by atoms with Crippen molar-refractivity contribution in [2.24, 2.45) is 0 Å². The van der Waals surface area contributed by atoms with E-state index >= 15 is 0 Å². The minimum absolute atomic E-state index is 0.101. The van der Waals surface area contributed by atoms with Gasteiger partial charge in [0, 0.05) is 22.7 Å². The fraction of sp³-hybridized carbons (Fsp3) is 0.125. The predicted molar refractivity (Wildman–Crippen MR) is 151 cm³/mol. The molecule has 0 fully saturated rings. The highest BCUT2D eigenvalue weighted by Crippen LogP contribution is 2.44. The highest BCUT2D eigenvalue weighted by Gasteiger charge is 2.42. The average molecular weight is 550 g/mol. The van der Waals surface area contributed by atoms with Gasteiger partial charge in [-0.2, -0.15) is 5.10 Å². The van der Waals surface area contributed by atoms with E-state index in [-0.39, 0.29) is 18.7 Å². The first kappa shape index (κ1) is 24.3. The number of benzene rings is 4. The van der Waals surface area contributed by atoms with Crippen molar-refractivity contribution < 1.29 is 19.0 Å². The minimum atomic E-state index is -0.341. The van der Waals surface area contributed by atoms with Crippen LogP contribution in [0.15, 0.2) is 97.1 Å². The highest BCUT2D eigenvalue weighted by atomic mass is 35.5. The van der Waals surface area contributed by atoms with E-state index in [2.05, 4.69) is 10.2 Å². The summed E-state index contributed by atoms with van der Waals surface area (Å²) in [5, 5.41) is 8.28. The van der Waals surface area contributed by atoms with Crippen LogP contribution >= 0.6 is 11.6 Å². The molecule has 7 nitrogen and oxygen atoms in total. The van der Waals surface area contributed by atoms with E-state index in [4.69, 9.17) is 25.8 Å². The Morgan fingerprint density at radius 2 is 1.65 bits per heavy atom. The molecule has 0 aliphatic carbocycles. The molecule has 0 radical (unpaired) electrons. The van der Waals surface area contributed by atoms with Gasteiger partial charge < -0.3 is 19.1 Å². The van der Waals surface area contributed by atoms with Crippen LogP contribution in [0.25, 0.3) is 11.3 Å². The molecule has 1 atom stereocenters. The monoisotopic (exact) mass is 549 g/mol. The fourth-order valence-corrected chi connectivity index (χ4v) is 5.38. The van der Waals surface area contributed by atoms with Gasteiger partial charge in [0.2, 0.25) is 6.79 Å². The predicted octanol–water partition coefficient (Wildman–Crippen LogP) is 6.78. The number of hydrogen-bond donors (Lipinski definition) is 1. The zero-order valence-corrected chi connectivity index (χ0v) is 22.1. The van der Waals surface area contributed by atoms with Gasteiger partial charge in [0.15, 0.2) is 11.5 Å². The molecular formula is C32H24ClN3O4. The Hall–Kier alpha value is -4.75. The molecule has 8 heteroatoms. The second-order valence-corrected chi connectivity index (χ2v) is 10.2. The second-order valence-electron chi connectivity index (χ2n) is 9.73. The molecule has 0 spiro atoms. The molecule has 1 unspecified atom stereocenters. The van der Waals surface area contributed by atoms with Crippen molar-refractivity contribution in [3.63, 3.8) is 0 Å². The number of nitrogens with one attached hydrogen (secondary N) is 1. The zero-order chi connectivity index (χ0) is 27.1. The zero-order valence-electron chi connectivity index (χ0n) is 21.3. The molecule has 1 amide bonds. The van der Waals surface area contributed by atoms with Gasteiger partial charge in [0.25, 0.3) is 5.91 Å². The number of H-pyrrole nitrogens is 1. The van der Waals surface area contributed by atoms with Gasteiger partial charge in [-0.3, -0.25) is 9.89 Å². The molecule has 5 aromatic rings. The maximum atomic E-state index is 13.8. The summed E-state index contributed by atoms with van der Waals surface area (Å²) in [4.78, 5) is 15.6. The Balaban J connectivity index is 1.22. The van der Waals surface area contributed by atoms with E-state index in [0.717, 1.165) is 39.3 Å². The lowest BCUT2D eigenvalue weighted by Crippen LogP contribution is -2.29. The third-order valence-electron chi connectivity index (χ3n) is 7.22. The quantitative estimate of drug-likeness (QED) is 0.242. The Bertz CT molecular complexity index is 1680. The van der Waals surface area contributed by atoms with E-state index in [9.17, 15) is 4.79 Å². The van der Waals surface area contributed by atoms with E-state index in [1.54, 1.807) is 0 Å². The van der Waals surface area contributed by atoms with Crippen LogP contribution in [0.1, 0.15) is 38.8 Å². The van der Waals surface area contributed by atoms with Crippen LogP contribution in [-0.2, 0) is 13.2 Å². The molecule has 0 bridgehead atoms. The number of fused-ring (bicyclic) bond motifs is 2. The Morgan fingerprint density at radius 3 is 2.45 bits per heavy atom. The smallest absolute Gasteiger partial charge is 0.273 e. The number of halogens is 1. The summed E-state index contributed by atoms with van der Waals surface area (Å²) in [5.74, 6) is 2.03. The van der Waals surface area contributed by atoms with E-state index < -0.39 is 0 Å². The van der Waals surface area contributed by atoms with Crippen molar-refractivity contribution in [1.82, 2.24) is 15.1 Å². The number of rotatable bonds is 7. The largest absolute Gasteiger partial charge is 0.489 e. The first-order chi connectivity index (χ1) is 19.6. The van der Waals surface area contributed by atoms with Gasteiger partial charge in [-0.25, -0.2) is 0 Å². The first-order valence-corrected chi connectivity index (χ1v) is 13.3. The van der Waals surface area contributed by atoms with Crippen LogP contribution in [-0.4, -0.2) is 27.8 Å². The topological polar surface area (TPSA) is 76.7 Å². The van der Waals surface area contributed by atoms with Crippen LogP contribution in [0.5, 0.6) is 17.2 Å². The maximum absolute atomic E-state index is 13.8.